The van der Waals surface area contributed by atoms with Crippen LogP contribution in [0.5, 0.6) is 0 Å². The van der Waals surface area contributed by atoms with Gasteiger partial charge in [-0.25, -0.2) is 4.98 Å². The maximum atomic E-state index is 10.8. The molecule has 90 valence electrons. The molecule has 1 aromatic carbocycles. The van der Waals surface area contributed by atoms with E-state index in [-0.39, 0.29) is 0 Å². The largest absolute Gasteiger partial charge is 0.480 e. The molecule has 6 heteroatoms. The fourth-order valence-corrected chi connectivity index (χ4v) is 1.50. The van der Waals surface area contributed by atoms with E-state index in [4.69, 9.17) is 9.52 Å². The Kier molecular flexibility index (Phi) is 3.24. The molecule has 1 atom stereocenters. The molecule has 0 radical (unpaired) electrons. The number of nitrogens with zero attached hydrogens (tertiary/aromatic N) is 1. The summed E-state index contributed by atoms with van der Waals surface area (Å²) in [5.41, 5.74) is 2.25. The second kappa shape index (κ2) is 4.84. The van der Waals surface area contributed by atoms with Crippen molar-refractivity contribution in [2.24, 2.45) is 0 Å². The van der Waals surface area contributed by atoms with Crippen LogP contribution < -0.4 is 10.6 Å². The van der Waals surface area contributed by atoms with Gasteiger partial charge in [0.15, 0.2) is 12.0 Å². The lowest BCUT2D eigenvalue weighted by Gasteiger charge is -2.12. The number of carboxylic acid groups (broad SMARTS) is 1. The average Bonchev–Trinajstić information content (AvgIpc) is 2.76. The standard InChI is InChI=1S/C11H13N3O3/c1-12-9(11(15)16)5-13-7-2-3-8-10(4-7)17-6-14-8/h2-4,6,9,12-13H,5H2,1H3,(H,15,16). The van der Waals surface area contributed by atoms with Gasteiger partial charge in [0.2, 0.25) is 0 Å². The van der Waals surface area contributed by atoms with Gasteiger partial charge in [-0.05, 0) is 19.2 Å². The minimum atomic E-state index is -0.888. The molecule has 0 spiro atoms. The Morgan fingerprint density at radius 2 is 2.41 bits per heavy atom. The second-order valence-corrected chi connectivity index (χ2v) is 3.60. The highest BCUT2D eigenvalue weighted by Crippen LogP contribution is 2.17. The predicted molar refractivity (Wildman–Crippen MR) is 63.0 cm³/mol. The summed E-state index contributed by atoms with van der Waals surface area (Å²) in [6.45, 7) is 0.297. The third kappa shape index (κ3) is 2.54. The summed E-state index contributed by atoms with van der Waals surface area (Å²) in [6.07, 6.45) is 1.38. The topological polar surface area (TPSA) is 87.4 Å². The monoisotopic (exact) mass is 235 g/mol. The Balaban J connectivity index is 2.05. The predicted octanol–water partition coefficient (Wildman–Crippen LogP) is 0.912. The van der Waals surface area contributed by atoms with Gasteiger partial charge in [0.1, 0.15) is 11.6 Å². The summed E-state index contributed by atoms with van der Waals surface area (Å²) in [7, 11) is 1.61. The van der Waals surface area contributed by atoms with E-state index in [0.29, 0.717) is 12.1 Å². The lowest BCUT2D eigenvalue weighted by molar-refractivity contribution is -0.138. The number of aliphatic carboxylic acids is 1. The van der Waals surface area contributed by atoms with Gasteiger partial charge in [-0.2, -0.15) is 0 Å². The Labute approximate surface area is 97.6 Å². The van der Waals surface area contributed by atoms with Crippen molar-refractivity contribution in [1.82, 2.24) is 10.3 Å². The normalized spacial score (nSPS) is 12.5. The van der Waals surface area contributed by atoms with E-state index < -0.39 is 12.0 Å². The summed E-state index contributed by atoms with van der Waals surface area (Å²) in [6, 6.07) is 4.81. The highest BCUT2D eigenvalue weighted by atomic mass is 16.4. The van der Waals surface area contributed by atoms with Crippen LogP contribution in [0.2, 0.25) is 0 Å². The van der Waals surface area contributed by atoms with E-state index in [1.807, 2.05) is 12.1 Å². The van der Waals surface area contributed by atoms with Crippen molar-refractivity contribution < 1.29 is 14.3 Å². The summed E-state index contributed by atoms with van der Waals surface area (Å²) in [5.74, 6) is -0.888. The Hall–Kier alpha value is -2.08. The minimum absolute atomic E-state index is 0.297. The molecule has 0 aliphatic carbocycles. The molecular formula is C11H13N3O3. The fourth-order valence-electron chi connectivity index (χ4n) is 1.50. The zero-order valence-corrected chi connectivity index (χ0v) is 9.30. The highest BCUT2D eigenvalue weighted by Gasteiger charge is 2.14. The third-order valence-corrected chi connectivity index (χ3v) is 2.49. The molecule has 2 aromatic rings. The number of fused-ring (bicyclic) bond motifs is 1. The van der Waals surface area contributed by atoms with Gasteiger partial charge in [-0.3, -0.25) is 4.79 Å². The number of nitrogens with one attached hydrogen (secondary N) is 2. The average molecular weight is 235 g/mol. The first-order valence-electron chi connectivity index (χ1n) is 5.18. The maximum Gasteiger partial charge on any atom is 0.322 e. The van der Waals surface area contributed by atoms with Crippen molar-refractivity contribution in [2.45, 2.75) is 6.04 Å². The van der Waals surface area contributed by atoms with Gasteiger partial charge < -0.3 is 20.2 Å². The number of hydrogen-bond acceptors (Lipinski definition) is 5. The van der Waals surface area contributed by atoms with E-state index in [9.17, 15) is 4.79 Å². The SMILES string of the molecule is CNC(CNc1ccc2ncoc2c1)C(=O)O. The quantitative estimate of drug-likeness (QED) is 0.714. The van der Waals surface area contributed by atoms with Crippen LogP contribution >= 0.6 is 0 Å². The van der Waals surface area contributed by atoms with Crippen molar-refractivity contribution in [3.05, 3.63) is 24.6 Å². The third-order valence-electron chi connectivity index (χ3n) is 2.49. The first-order valence-corrected chi connectivity index (χ1v) is 5.18. The van der Waals surface area contributed by atoms with E-state index >= 15 is 0 Å². The van der Waals surface area contributed by atoms with E-state index in [1.54, 1.807) is 13.1 Å². The molecule has 3 N–H and O–H groups in total. The summed E-state index contributed by atoms with van der Waals surface area (Å²) >= 11 is 0. The molecule has 1 unspecified atom stereocenters. The van der Waals surface area contributed by atoms with Crippen LogP contribution in [0.15, 0.2) is 29.0 Å². The van der Waals surface area contributed by atoms with Crippen molar-refractivity contribution in [1.29, 1.82) is 0 Å². The number of anilines is 1. The first kappa shape index (κ1) is 11.4. The van der Waals surface area contributed by atoms with Crippen LogP contribution in [0.1, 0.15) is 0 Å². The van der Waals surface area contributed by atoms with E-state index in [2.05, 4.69) is 15.6 Å². The Bertz CT molecular complexity index is 523. The van der Waals surface area contributed by atoms with Gasteiger partial charge in [0, 0.05) is 18.3 Å². The molecule has 0 aliphatic heterocycles. The molecule has 0 aliphatic rings. The molecule has 0 saturated heterocycles. The van der Waals surface area contributed by atoms with Crippen LogP contribution in [0.4, 0.5) is 5.69 Å². The first-order chi connectivity index (χ1) is 8.20. The number of carboxylic acids is 1. The zero-order valence-electron chi connectivity index (χ0n) is 9.30. The zero-order chi connectivity index (χ0) is 12.3. The fraction of sp³-hybridized carbons (Fsp3) is 0.273. The lowest BCUT2D eigenvalue weighted by atomic mass is 10.2. The molecule has 1 heterocycles. The van der Waals surface area contributed by atoms with Gasteiger partial charge in [-0.15, -0.1) is 0 Å². The molecule has 2 rings (SSSR count). The highest BCUT2D eigenvalue weighted by molar-refractivity contribution is 5.77. The number of oxazole rings is 1. The number of hydrogen-bond donors (Lipinski definition) is 3. The van der Waals surface area contributed by atoms with Crippen LogP contribution in [0.25, 0.3) is 11.1 Å². The van der Waals surface area contributed by atoms with Crippen molar-refractivity contribution >= 4 is 22.8 Å². The molecule has 1 aromatic heterocycles. The van der Waals surface area contributed by atoms with Crippen LogP contribution in [0, 0.1) is 0 Å². The van der Waals surface area contributed by atoms with Gasteiger partial charge >= 0.3 is 5.97 Å². The number of benzene rings is 1. The number of rotatable bonds is 5. The minimum Gasteiger partial charge on any atom is -0.480 e. The van der Waals surface area contributed by atoms with Crippen LogP contribution in [-0.2, 0) is 4.79 Å². The maximum absolute atomic E-state index is 10.8. The van der Waals surface area contributed by atoms with Crippen molar-refractivity contribution in [3.8, 4) is 0 Å². The second-order valence-electron chi connectivity index (χ2n) is 3.60. The van der Waals surface area contributed by atoms with Crippen LogP contribution in [0.3, 0.4) is 0 Å². The lowest BCUT2D eigenvalue weighted by Crippen LogP contribution is -2.39. The number of carbonyl (C=O) groups is 1. The summed E-state index contributed by atoms with van der Waals surface area (Å²) in [4.78, 5) is 14.8. The van der Waals surface area contributed by atoms with Crippen LogP contribution in [-0.4, -0.2) is 35.7 Å². The number of aromatic nitrogens is 1. The smallest absolute Gasteiger partial charge is 0.322 e. The Morgan fingerprint density at radius 1 is 1.59 bits per heavy atom. The van der Waals surface area contributed by atoms with Gasteiger partial charge in [0.25, 0.3) is 0 Å². The van der Waals surface area contributed by atoms with Crippen molar-refractivity contribution in [3.63, 3.8) is 0 Å². The number of likely N-dealkylation sites (N-methyl/N-ethyl adjacent to an activating group) is 1. The van der Waals surface area contributed by atoms with E-state index in [1.165, 1.54) is 6.39 Å². The van der Waals surface area contributed by atoms with E-state index in [0.717, 1.165) is 11.2 Å². The molecule has 0 bridgehead atoms. The molecule has 0 amide bonds. The molecule has 0 fully saturated rings. The van der Waals surface area contributed by atoms with Crippen molar-refractivity contribution in [2.75, 3.05) is 18.9 Å². The molecular weight excluding hydrogens is 222 g/mol. The van der Waals surface area contributed by atoms with Gasteiger partial charge in [0.05, 0.1) is 0 Å². The Morgan fingerprint density at radius 3 is 3.12 bits per heavy atom. The molecule has 17 heavy (non-hydrogen) atoms. The molecule has 0 saturated carbocycles. The summed E-state index contributed by atoms with van der Waals surface area (Å²) < 4.78 is 5.16. The molecule has 6 nitrogen and oxygen atoms in total. The van der Waals surface area contributed by atoms with Gasteiger partial charge in [-0.1, -0.05) is 0 Å². The summed E-state index contributed by atoms with van der Waals surface area (Å²) in [5, 5.41) is 14.6.